The van der Waals surface area contributed by atoms with E-state index in [2.05, 4.69) is 4.90 Å². The van der Waals surface area contributed by atoms with E-state index in [4.69, 9.17) is 14.2 Å². The molecule has 0 spiro atoms. The average molecular weight is 359 g/mol. The third kappa shape index (κ3) is 6.67. The van der Waals surface area contributed by atoms with Crippen molar-refractivity contribution in [2.75, 3.05) is 40.5 Å². The predicted molar refractivity (Wildman–Crippen MR) is 103 cm³/mol. The maximum Gasteiger partial charge on any atom is 0.122 e. The minimum absolute atomic E-state index is 0.261. The maximum absolute atomic E-state index is 10.4. The summed E-state index contributed by atoms with van der Waals surface area (Å²) in [6, 6.07) is 15.8. The molecule has 1 unspecified atom stereocenters. The normalized spacial score (nSPS) is 12.2. The van der Waals surface area contributed by atoms with Gasteiger partial charge in [0.15, 0.2) is 0 Å². The molecule has 2 aromatic carbocycles. The number of aryl methyl sites for hydroxylation is 1. The molecule has 5 nitrogen and oxygen atoms in total. The van der Waals surface area contributed by atoms with Gasteiger partial charge in [-0.15, -0.1) is 0 Å². The smallest absolute Gasteiger partial charge is 0.122 e. The Bertz CT molecular complexity index is 645. The van der Waals surface area contributed by atoms with E-state index in [-0.39, 0.29) is 6.61 Å². The molecule has 1 atom stereocenters. The zero-order valence-corrected chi connectivity index (χ0v) is 15.9. The van der Waals surface area contributed by atoms with E-state index in [9.17, 15) is 5.11 Å². The summed E-state index contributed by atoms with van der Waals surface area (Å²) in [5.74, 6) is 1.65. The highest BCUT2D eigenvalue weighted by atomic mass is 16.5. The molecule has 0 saturated heterocycles. The Balaban J connectivity index is 1.89. The van der Waals surface area contributed by atoms with Crippen LogP contribution >= 0.6 is 0 Å². The predicted octanol–water partition coefficient (Wildman–Crippen LogP) is 2.89. The molecule has 0 aromatic heterocycles. The maximum atomic E-state index is 10.4. The van der Waals surface area contributed by atoms with E-state index in [1.165, 1.54) is 0 Å². The highest BCUT2D eigenvalue weighted by Gasteiger charge is 2.14. The second-order valence-corrected chi connectivity index (χ2v) is 6.31. The average Bonchev–Trinajstić information content (AvgIpc) is 2.66. The molecule has 142 valence electrons. The highest BCUT2D eigenvalue weighted by Crippen LogP contribution is 2.17. The lowest BCUT2D eigenvalue weighted by Gasteiger charge is -2.25. The molecule has 0 heterocycles. The molecule has 5 heteroatoms. The topological polar surface area (TPSA) is 51.2 Å². The number of nitrogens with zero attached hydrogens (tertiary/aromatic N) is 1. The number of hydrogen-bond donors (Lipinski definition) is 1. The van der Waals surface area contributed by atoms with Gasteiger partial charge in [0.25, 0.3) is 0 Å². The van der Waals surface area contributed by atoms with Crippen molar-refractivity contribution in [3.63, 3.8) is 0 Å². The van der Waals surface area contributed by atoms with E-state index >= 15 is 0 Å². The van der Waals surface area contributed by atoms with Crippen LogP contribution in [0.5, 0.6) is 11.5 Å². The van der Waals surface area contributed by atoms with Crippen molar-refractivity contribution in [3.05, 3.63) is 59.7 Å². The van der Waals surface area contributed by atoms with E-state index in [1.807, 2.05) is 55.5 Å². The van der Waals surface area contributed by atoms with Gasteiger partial charge in [-0.2, -0.15) is 0 Å². The number of para-hydroxylation sites is 1. The summed E-state index contributed by atoms with van der Waals surface area (Å²) in [7, 11) is 3.34. The largest absolute Gasteiger partial charge is 0.497 e. The van der Waals surface area contributed by atoms with Crippen LogP contribution in [0.3, 0.4) is 0 Å². The van der Waals surface area contributed by atoms with Gasteiger partial charge >= 0.3 is 0 Å². The SMILES string of the molecule is COCCN(Cc1ccc(OC)cc1)CC(O)COc1ccccc1C. The summed E-state index contributed by atoms with van der Waals surface area (Å²) >= 11 is 0. The standard InChI is InChI=1S/C21H29NO4/c1-17-6-4-5-7-21(17)26-16-19(23)15-22(12-13-24-2)14-18-8-10-20(25-3)11-9-18/h4-11,19,23H,12-16H2,1-3H3. The Morgan fingerprint density at radius 3 is 2.42 bits per heavy atom. The lowest BCUT2D eigenvalue weighted by molar-refractivity contribution is 0.0540. The lowest BCUT2D eigenvalue weighted by atomic mass is 10.2. The van der Waals surface area contributed by atoms with Crippen molar-refractivity contribution >= 4 is 0 Å². The van der Waals surface area contributed by atoms with Gasteiger partial charge in [0.1, 0.15) is 24.2 Å². The monoisotopic (exact) mass is 359 g/mol. The van der Waals surface area contributed by atoms with Crippen molar-refractivity contribution in [3.8, 4) is 11.5 Å². The molecule has 1 N–H and O–H groups in total. The number of aliphatic hydroxyl groups is 1. The molecular formula is C21H29NO4. The second kappa shape index (κ2) is 10.8. The van der Waals surface area contributed by atoms with Crippen LogP contribution in [0, 0.1) is 6.92 Å². The Labute approximate surface area is 156 Å². The summed E-state index contributed by atoms with van der Waals surface area (Å²) in [6.07, 6.45) is -0.579. The highest BCUT2D eigenvalue weighted by molar-refractivity contribution is 5.31. The fourth-order valence-corrected chi connectivity index (χ4v) is 2.70. The van der Waals surface area contributed by atoms with Crippen LogP contribution in [-0.4, -0.2) is 56.6 Å². The van der Waals surface area contributed by atoms with Gasteiger partial charge in [-0.1, -0.05) is 30.3 Å². The van der Waals surface area contributed by atoms with Crippen LogP contribution in [0.4, 0.5) is 0 Å². The Hall–Kier alpha value is -2.08. The van der Waals surface area contributed by atoms with E-state index in [0.29, 0.717) is 13.2 Å². The van der Waals surface area contributed by atoms with E-state index in [0.717, 1.165) is 35.7 Å². The molecule has 0 aliphatic heterocycles. The first-order valence-corrected chi connectivity index (χ1v) is 8.83. The molecule has 0 bridgehead atoms. The number of methoxy groups -OCH3 is 2. The zero-order valence-electron chi connectivity index (χ0n) is 15.9. The summed E-state index contributed by atoms with van der Waals surface area (Å²) < 4.78 is 16.2. The van der Waals surface area contributed by atoms with Crippen LogP contribution in [0.1, 0.15) is 11.1 Å². The summed E-state index contributed by atoms with van der Waals surface area (Å²) in [6.45, 7) is 4.86. The fourth-order valence-electron chi connectivity index (χ4n) is 2.70. The van der Waals surface area contributed by atoms with Crippen molar-refractivity contribution in [1.82, 2.24) is 4.90 Å². The van der Waals surface area contributed by atoms with Gasteiger partial charge in [0.2, 0.25) is 0 Å². The van der Waals surface area contributed by atoms with Crippen molar-refractivity contribution in [2.24, 2.45) is 0 Å². The number of rotatable bonds is 11. The number of benzene rings is 2. The summed E-state index contributed by atoms with van der Waals surface area (Å²) in [4.78, 5) is 2.16. The zero-order chi connectivity index (χ0) is 18.8. The first-order chi connectivity index (χ1) is 12.6. The first-order valence-electron chi connectivity index (χ1n) is 8.83. The summed E-state index contributed by atoms with van der Waals surface area (Å²) in [5.41, 5.74) is 2.23. The molecule has 0 aliphatic carbocycles. The Morgan fingerprint density at radius 2 is 1.77 bits per heavy atom. The van der Waals surface area contributed by atoms with Gasteiger partial charge in [-0.3, -0.25) is 4.90 Å². The molecule has 0 radical (unpaired) electrons. The molecule has 0 aliphatic rings. The Kier molecular flexibility index (Phi) is 8.41. The summed E-state index contributed by atoms with van der Waals surface area (Å²) in [5, 5.41) is 10.4. The van der Waals surface area contributed by atoms with Gasteiger partial charge in [-0.05, 0) is 36.2 Å². The molecule has 2 aromatic rings. The number of ether oxygens (including phenoxy) is 3. The van der Waals surface area contributed by atoms with Crippen LogP contribution < -0.4 is 9.47 Å². The van der Waals surface area contributed by atoms with Gasteiger partial charge in [0, 0.05) is 26.7 Å². The minimum Gasteiger partial charge on any atom is -0.497 e. The third-order valence-electron chi connectivity index (χ3n) is 4.17. The van der Waals surface area contributed by atoms with Crippen LogP contribution in [0.2, 0.25) is 0 Å². The van der Waals surface area contributed by atoms with Gasteiger partial charge < -0.3 is 19.3 Å². The molecule has 0 fully saturated rings. The van der Waals surface area contributed by atoms with Crippen molar-refractivity contribution in [2.45, 2.75) is 19.6 Å². The fraction of sp³-hybridized carbons (Fsp3) is 0.429. The second-order valence-electron chi connectivity index (χ2n) is 6.31. The van der Waals surface area contributed by atoms with E-state index < -0.39 is 6.10 Å². The van der Waals surface area contributed by atoms with Crippen LogP contribution in [0.25, 0.3) is 0 Å². The minimum atomic E-state index is -0.579. The van der Waals surface area contributed by atoms with Crippen molar-refractivity contribution < 1.29 is 19.3 Å². The molecule has 0 amide bonds. The van der Waals surface area contributed by atoms with Crippen molar-refractivity contribution in [1.29, 1.82) is 0 Å². The lowest BCUT2D eigenvalue weighted by Crippen LogP contribution is -2.37. The molecular weight excluding hydrogens is 330 g/mol. The van der Waals surface area contributed by atoms with E-state index in [1.54, 1.807) is 14.2 Å². The molecule has 26 heavy (non-hydrogen) atoms. The number of aliphatic hydroxyl groups excluding tert-OH is 1. The van der Waals surface area contributed by atoms with Gasteiger partial charge in [0.05, 0.1) is 13.7 Å². The third-order valence-corrected chi connectivity index (χ3v) is 4.17. The van der Waals surface area contributed by atoms with Crippen LogP contribution in [0.15, 0.2) is 48.5 Å². The number of hydrogen-bond acceptors (Lipinski definition) is 5. The van der Waals surface area contributed by atoms with Crippen LogP contribution in [-0.2, 0) is 11.3 Å². The van der Waals surface area contributed by atoms with Gasteiger partial charge in [-0.25, -0.2) is 0 Å². The molecule has 2 rings (SSSR count). The first kappa shape index (κ1) is 20.2. The quantitative estimate of drug-likeness (QED) is 0.669. The Morgan fingerprint density at radius 1 is 1.04 bits per heavy atom. The molecule has 0 saturated carbocycles.